The van der Waals surface area contributed by atoms with Crippen molar-refractivity contribution < 1.29 is 33.8 Å². The van der Waals surface area contributed by atoms with Gasteiger partial charge in [-0.05, 0) is 17.7 Å². The Morgan fingerprint density at radius 3 is 1.92 bits per heavy atom. The fourth-order valence-electron chi connectivity index (χ4n) is 2.41. The van der Waals surface area contributed by atoms with Crippen LogP contribution in [0.25, 0.3) is 0 Å². The van der Waals surface area contributed by atoms with E-state index < -0.39 is 39.2 Å². The first-order valence-corrected chi connectivity index (χ1v) is 9.12. The molecule has 2 aromatic carbocycles. The number of phosphoric acid groups is 1. The molecule has 7 nitrogen and oxygen atoms in total. The predicted molar refractivity (Wildman–Crippen MR) is 90.9 cm³/mol. The second-order valence-corrected chi connectivity index (χ2v) is 6.90. The van der Waals surface area contributed by atoms with Crippen molar-refractivity contribution in [1.82, 2.24) is 0 Å². The predicted octanol–water partition coefficient (Wildman–Crippen LogP) is 1.89. The summed E-state index contributed by atoms with van der Waals surface area (Å²) in [5.74, 6) is 0.485. The third-order valence-electron chi connectivity index (χ3n) is 3.81. The normalized spacial score (nSPS) is 13.4. The van der Waals surface area contributed by atoms with Crippen LogP contribution in [0.3, 0.4) is 0 Å². The standard InChI is InChI=1S/C17H21O7P/c18-11-17(12-19,13-23-25(20,21)22)16(14-7-3-1-4-8-14)24-15-9-5-2-6-10-15/h1-10,16,18-19H,11-13H2,(H2,20,21,22). The first-order valence-electron chi connectivity index (χ1n) is 7.59. The van der Waals surface area contributed by atoms with Crippen LogP contribution >= 0.6 is 7.82 Å². The van der Waals surface area contributed by atoms with Gasteiger partial charge >= 0.3 is 7.82 Å². The first-order chi connectivity index (χ1) is 11.9. The molecule has 0 amide bonds. The van der Waals surface area contributed by atoms with Crippen LogP contribution in [-0.4, -0.2) is 39.8 Å². The van der Waals surface area contributed by atoms with E-state index in [1.54, 1.807) is 54.6 Å². The van der Waals surface area contributed by atoms with E-state index in [1.165, 1.54) is 0 Å². The summed E-state index contributed by atoms with van der Waals surface area (Å²) >= 11 is 0. The fourth-order valence-corrected chi connectivity index (χ4v) is 2.83. The van der Waals surface area contributed by atoms with Crippen LogP contribution in [0.1, 0.15) is 11.7 Å². The molecule has 0 aliphatic heterocycles. The highest BCUT2D eigenvalue weighted by Gasteiger charge is 2.43. The third-order valence-corrected chi connectivity index (χ3v) is 4.27. The van der Waals surface area contributed by atoms with Crippen molar-refractivity contribution in [3.63, 3.8) is 0 Å². The maximum absolute atomic E-state index is 11.1. The smallest absolute Gasteiger partial charge is 0.469 e. The number of para-hydroxylation sites is 1. The molecule has 2 rings (SSSR count). The molecular formula is C17H21O7P. The average Bonchev–Trinajstić information content (AvgIpc) is 2.62. The lowest BCUT2D eigenvalue weighted by Gasteiger charge is -2.37. The molecule has 0 fully saturated rings. The highest BCUT2D eigenvalue weighted by Crippen LogP contribution is 2.43. The number of rotatable bonds is 9. The summed E-state index contributed by atoms with van der Waals surface area (Å²) in [5.41, 5.74) is -0.832. The SMILES string of the molecule is O=P(O)(O)OCC(CO)(CO)C(Oc1ccccc1)c1ccccc1. The molecule has 4 N–H and O–H groups in total. The molecule has 0 aliphatic rings. The molecule has 0 radical (unpaired) electrons. The number of benzene rings is 2. The van der Waals surface area contributed by atoms with Crippen LogP contribution in [0.4, 0.5) is 0 Å². The highest BCUT2D eigenvalue weighted by molar-refractivity contribution is 7.46. The summed E-state index contributed by atoms with van der Waals surface area (Å²) in [4.78, 5) is 18.0. The van der Waals surface area contributed by atoms with Crippen LogP contribution in [0, 0.1) is 5.41 Å². The molecule has 136 valence electrons. The van der Waals surface area contributed by atoms with Crippen molar-refractivity contribution in [2.24, 2.45) is 5.41 Å². The Labute approximate surface area is 145 Å². The van der Waals surface area contributed by atoms with E-state index in [0.717, 1.165) is 0 Å². The van der Waals surface area contributed by atoms with E-state index in [9.17, 15) is 14.8 Å². The van der Waals surface area contributed by atoms with E-state index in [4.69, 9.17) is 14.5 Å². The summed E-state index contributed by atoms with van der Waals surface area (Å²) in [7, 11) is -4.78. The molecule has 2 aromatic rings. The summed E-state index contributed by atoms with van der Waals surface area (Å²) in [5, 5.41) is 19.8. The Hall–Kier alpha value is -1.73. The Kier molecular flexibility index (Phi) is 6.72. The summed E-state index contributed by atoms with van der Waals surface area (Å²) in [6.45, 7) is -1.79. The second-order valence-electron chi connectivity index (χ2n) is 5.66. The molecule has 0 spiro atoms. The summed E-state index contributed by atoms with van der Waals surface area (Å²) < 4.78 is 21.6. The van der Waals surface area contributed by atoms with Crippen molar-refractivity contribution in [3.05, 3.63) is 66.2 Å². The number of phosphoric ester groups is 1. The zero-order chi connectivity index (χ0) is 18.3. The van der Waals surface area contributed by atoms with Gasteiger partial charge in [0.25, 0.3) is 0 Å². The van der Waals surface area contributed by atoms with Gasteiger partial charge in [0.2, 0.25) is 0 Å². The van der Waals surface area contributed by atoms with Crippen molar-refractivity contribution in [1.29, 1.82) is 0 Å². The zero-order valence-electron chi connectivity index (χ0n) is 13.4. The largest absolute Gasteiger partial charge is 0.485 e. The van der Waals surface area contributed by atoms with Crippen LogP contribution in [0.15, 0.2) is 60.7 Å². The zero-order valence-corrected chi connectivity index (χ0v) is 14.3. The topological polar surface area (TPSA) is 116 Å². The Bertz CT molecular complexity index is 683. The highest BCUT2D eigenvalue weighted by atomic mass is 31.2. The molecule has 1 unspecified atom stereocenters. The van der Waals surface area contributed by atoms with Gasteiger partial charge in [0.15, 0.2) is 0 Å². The molecule has 0 saturated heterocycles. The van der Waals surface area contributed by atoms with E-state index in [-0.39, 0.29) is 0 Å². The molecule has 1 atom stereocenters. The Morgan fingerprint density at radius 2 is 1.44 bits per heavy atom. The molecule has 25 heavy (non-hydrogen) atoms. The Morgan fingerprint density at radius 1 is 0.920 bits per heavy atom. The number of hydrogen-bond acceptors (Lipinski definition) is 5. The van der Waals surface area contributed by atoms with Crippen LogP contribution in [-0.2, 0) is 9.09 Å². The van der Waals surface area contributed by atoms with Gasteiger partial charge in [-0.2, -0.15) is 0 Å². The second kappa shape index (κ2) is 8.58. The quantitative estimate of drug-likeness (QED) is 0.500. The van der Waals surface area contributed by atoms with Crippen LogP contribution < -0.4 is 4.74 Å². The number of ether oxygens (including phenoxy) is 1. The van der Waals surface area contributed by atoms with E-state index in [1.807, 2.05) is 6.07 Å². The molecule has 0 heterocycles. The van der Waals surface area contributed by atoms with Crippen molar-refractivity contribution in [2.75, 3.05) is 19.8 Å². The van der Waals surface area contributed by atoms with Gasteiger partial charge < -0.3 is 24.7 Å². The number of hydrogen-bond donors (Lipinski definition) is 4. The lowest BCUT2D eigenvalue weighted by molar-refractivity contribution is -0.0724. The molecule has 0 aliphatic carbocycles. The summed E-state index contributed by atoms with van der Waals surface area (Å²) in [6, 6.07) is 17.6. The maximum Gasteiger partial charge on any atom is 0.469 e. The minimum absolute atomic E-state index is 0.485. The van der Waals surface area contributed by atoms with E-state index in [0.29, 0.717) is 11.3 Å². The van der Waals surface area contributed by atoms with Gasteiger partial charge in [-0.1, -0.05) is 48.5 Å². The lowest BCUT2D eigenvalue weighted by Crippen LogP contribution is -2.43. The van der Waals surface area contributed by atoms with Gasteiger partial charge in [-0.3, -0.25) is 4.52 Å². The fraction of sp³-hybridized carbons (Fsp3) is 0.294. The molecular weight excluding hydrogens is 347 g/mol. The van der Waals surface area contributed by atoms with E-state index in [2.05, 4.69) is 4.52 Å². The van der Waals surface area contributed by atoms with Gasteiger partial charge in [0.1, 0.15) is 11.9 Å². The molecule has 0 bridgehead atoms. The van der Waals surface area contributed by atoms with Gasteiger partial charge in [0.05, 0.1) is 25.2 Å². The van der Waals surface area contributed by atoms with E-state index >= 15 is 0 Å². The van der Waals surface area contributed by atoms with Crippen molar-refractivity contribution >= 4 is 7.82 Å². The van der Waals surface area contributed by atoms with Crippen molar-refractivity contribution in [2.45, 2.75) is 6.10 Å². The number of aliphatic hydroxyl groups is 2. The lowest BCUT2D eigenvalue weighted by atomic mass is 9.80. The van der Waals surface area contributed by atoms with Gasteiger partial charge in [-0.15, -0.1) is 0 Å². The minimum Gasteiger partial charge on any atom is -0.485 e. The maximum atomic E-state index is 11.1. The third kappa shape index (κ3) is 5.37. The monoisotopic (exact) mass is 368 g/mol. The number of aliphatic hydroxyl groups excluding tert-OH is 2. The minimum atomic E-state index is -4.78. The van der Waals surface area contributed by atoms with Gasteiger partial charge in [0, 0.05) is 0 Å². The first kappa shape index (κ1) is 19.6. The average molecular weight is 368 g/mol. The van der Waals surface area contributed by atoms with Crippen LogP contribution in [0.2, 0.25) is 0 Å². The summed E-state index contributed by atoms with van der Waals surface area (Å²) in [6.07, 6.45) is -0.891. The molecule has 0 aromatic heterocycles. The van der Waals surface area contributed by atoms with Crippen LogP contribution in [0.5, 0.6) is 5.75 Å². The molecule has 0 saturated carbocycles. The molecule has 8 heteroatoms. The van der Waals surface area contributed by atoms with Crippen molar-refractivity contribution in [3.8, 4) is 5.75 Å². The van der Waals surface area contributed by atoms with Gasteiger partial charge in [-0.25, -0.2) is 4.57 Å². The Balaban J connectivity index is 2.41.